The van der Waals surface area contributed by atoms with E-state index in [9.17, 15) is 4.79 Å². The van der Waals surface area contributed by atoms with Gasteiger partial charge in [0.2, 0.25) is 0 Å². The monoisotopic (exact) mass is 252 g/mol. The van der Waals surface area contributed by atoms with Crippen LogP contribution in [0.1, 0.15) is 40.0 Å². The number of aliphatic hydroxyl groups excluding tert-OH is 2. The van der Waals surface area contributed by atoms with Gasteiger partial charge in [0.15, 0.2) is 0 Å². The zero-order chi connectivity index (χ0) is 13.8. The van der Waals surface area contributed by atoms with Crippen LogP contribution in [0.15, 0.2) is 0 Å². The van der Waals surface area contributed by atoms with Crippen LogP contribution >= 0.6 is 0 Å². The lowest BCUT2D eigenvalue weighted by molar-refractivity contribution is -0.128. The summed E-state index contributed by atoms with van der Waals surface area (Å²) in [6.45, 7) is 8.61. The lowest BCUT2D eigenvalue weighted by atomic mass is 10.3. The Bertz CT molecular complexity index is 105. The molecule has 0 aliphatic carbocycles. The van der Waals surface area contributed by atoms with Crippen LogP contribution in [0.2, 0.25) is 0 Å². The van der Waals surface area contributed by atoms with Gasteiger partial charge in [-0.25, -0.2) is 0 Å². The van der Waals surface area contributed by atoms with E-state index < -0.39 is 0 Å². The number of carbonyl (C=O) groups is 1. The summed E-state index contributed by atoms with van der Waals surface area (Å²) in [7, 11) is 0. The smallest absolute Gasteiger partial charge is 0.293 e. The van der Waals surface area contributed by atoms with Crippen molar-refractivity contribution in [2.24, 2.45) is 0 Å². The highest BCUT2D eigenvalue weighted by Gasteiger charge is 1.82. The fraction of sp³-hybridized carbons (Fsp3) is 0.917. The third kappa shape index (κ3) is 50.6. The van der Waals surface area contributed by atoms with Crippen molar-refractivity contribution >= 4 is 6.47 Å². The molecule has 0 saturated carbocycles. The summed E-state index contributed by atoms with van der Waals surface area (Å²) in [5.74, 6) is 0. The number of ether oxygens (including phenoxy) is 2. The summed E-state index contributed by atoms with van der Waals surface area (Å²) >= 11 is 0. The maximum Gasteiger partial charge on any atom is 0.293 e. The van der Waals surface area contributed by atoms with Crippen LogP contribution in [0.5, 0.6) is 0 Å². The number of aliphatic hydroxyl groups is 2. The molecule has 0 aliphatic rings. The third-order valence-corrected chi connectivity index (χ3v) is 1.44. The Morgan fingerprint density at radius 3 is 1.76 bits per heavy atom. The zero-order valence-electron chi connectivity index (χ0n) is 11.4. The van der Waals surface area contributed by atoms with E-state index in [1.54, 1.807) is 0 Å². The van der Waals surface area contributed by atoms with Gasteiger partial charge in [0.25, 0.3) is 6.47 Å². The van der Waals surface area contributed by atoms with Gasteiger partial charge in [-0.1, -0.05) is 19.8 Å². The minimum atomic E-state index is -0.125. The van der Waals surface area contributed by atoms with E-state index >= 15 is 0 Å². The maximum absolute atomic E-state index is 9.55. The molecule has 5 heteroatoms. The molecule has 0 atom stereocenters. The summed E-state index contributed by atoms with van der Waals surface area (Å²) in [5.41, 5.74) is 0. The summed E-state index contributed by atoms with van der Waals surface area (Å²) in [6, 6.07) is 0. The molecule has 0 aromatic heterocycles. The van der Waals surface area contributed by atoms with Crippen molar-refractivity contribution in [2.45, 2.75) is 40.0 Å². The van der Waals surface area contributed by atoms with Crippen molar-refractivity contribution in [2.75, 3.05) is 33.0 Å². The van der Waals surface area contributed by atoms with E-state index in [1.165, 1.54) is 6.42 Å². The molecule has 0 aromatic carbocycles. The quantitative estimate of drug-likeness (QED) is 0.504. The van der Waals surface area contributed by atoms with Crippen molar-refractivity contribution < 1.29 is 24.5 Å². The molecule has 17 heavy (non-hydrogen) atoms. The Morgan fingerprint density at radius 2 is 1.53 bits per heavy atom. The summed E-state index contributed by atoms with van der Waals surface area (Å²) in [5, 5.41) is 15.2. The summed E-state index contributed by atoms with van der Waals surface area (Å²) in [6.07, 6.45) is 3.31. The lowest BCUT2D eigenvalue weighted by Gasteiger charge is -1.93. The molecule has 0 bridgehead atoms. The van der Waals surface area contributed by atoms with Crippen LogP contribution in [0.3, 0.4) is 0 Å². The van der Waals surface area contributed by atoms with Crippen molar-refractivity contribution in [1.82, 2.24) is 0 Å². The second kappa shape index (κ2) is 29.5. The molecule has 0 heterocycles. The van der Waals surface area contributed by atoms with Gasteiger partial charge < -0.3 is 19.7 Å². The SMILES string of the molecule is CCCCCOC=O.CCOCC.OCCO. The van der Waals surface area contributed by atoms with Gasteiger partial charge in [0.05, 0.1) is 19.8 Å². The molecule has 0 amide bonds. The highest BCUT2D eigenvalue weighted by molar-refractivity contribution is 5.36. The second-order valence-corrected chi connectivity index (χ2v) is 2.90. The summed E-state index contributed by atoms with van der Waals surface area (Å²) < 4.78 is 9.29. The van der Waals surface area contributed by atoms with Gasteiger partial charge in [-0.05, 0) is 20.3 Å². The third-order valence-electron chi connectivity index (χ3n) is 1.44. The van der Waals surface area contributed by atoms with E-state index in [1.807, 2.05) is 13.8 Å². The average molecular weight is 252 g/mol. The molecular formula is C12H28O5. The molecule has 0 radical (unpaired) electrons. The van der Waals surface area contributed by atoms with Crippen molar-refractivity contribution in [3.8, 4) is 0 Å². The highest BCUT2D eigenvalue weighted by Crippen LogP contribution is 1.91. The van der Waals surface area contributed by atoms with Crippen LogP contribution in [0.25, 0.3) is 0 Å². The van der Waals surface area contributed by atoms with Gasteiger partial charge in [0, 0.05) is 13.2 Å². The van der Waals surface area contributed by atoms with Crippen LogP contribution in [0, 0.1) is 0 Å². The largest absolute Gasteiger partial charge is 0.468 e. The van der Waals surface area contributed by atoms with Crippen LogP contribution in [-0.2, 0) is 14.3 Å². The molecular weight excluding hydrogens is 224 g/mol. The first-order chi connectivity index (χ1) is 8.24. The lowest BCUT2D eigenvalue weighted by Crippen LogP contribution is -1.89. The van der Waals surface area contributed by atoms with Crippen LogP contribution in [-0.4, -0.2) is 49.7 Å². The Labute approximate surface area is 105 Å². The minimum Gasteiger partial charge on any atom is -0.468 e. The second-order valence-electron chi connectivity index (χ2n) is 2.90. The molecule has 0 fully saturated rings. The standard InChI is InChI=1S/C6H12O2.C4H10O.C2H6O2/c1-2-3-4-5-8-6-7;1-3-5-4-2;3-1-2-4/h6H,2-5H2,1H3;3-4H2,1-2H3;3-4H,1-2H2. The van der Waals surface area contributed by atoms with Crippen molar-refractivity contribution in [3.05, 3.63) is 0 Å². The minimum absolute atomic E-state index is 0.125. The van der Waals surface area contributed by atoms with Crippen LogP contribution in [0.4, 0.5) is 0 Å². The number of hydrogen-bond donors (Lipinski definition) is 2. The van der Waals surface area contributed by atoms with E-state index in [0.717, 1.165) is 26.1 Å². The predicted octanol–water partition coefficient (Wildman–Crippen LogP) is 1.36. The predicted molar refractivity (Wildman–Crippen MR) is 67.9 cm³/mol. The van der Waals surface area contributed by atoms with Gasteiger partial charge in [0.1, 0.15) is 0 Å². The molecule has 5 nitrogen and oxygen atoms in total. The molecule has 2 N–H and O–H groups in total. The van der Waals surface area contributed by atoms with Crippen LogP contribution < -0.4 is 0 Å². The fourth-order valence-electron chi connectivity index (χ4n) is 0.688. The number of rotatable bonds is 8. The normalized spacial score (nSPS) is 8.29. The Hall–Kier alpha value is -0.650. The van der Waals surface area contributed by atoms with E-state index in [2.05, 4.69) is 11.7 Å². The van der Waals surface area contributed by atoms with E-state index in [0.29, 0.717) is 13.1 Å². The van der Waals surface area contributed by atoms with Gasteiger partial charge >= 0.3 is 0 Å². The number of unbranched alkanes of at least 4 members (excludes halogenated alkanes) is 2. The molecule has 0 rings (SSSR count). The van der Waals surface area contributed by atoms with E-state index in [-0.39, 0.29) is 13.2 Å². The van der Waals surface area contributed by atoms with Gasteiger partial charge in [-0.3, -0.25) is 4.79 Å². The molecule has 0 aromatic rings. The molecule has 0 unspecified atom stereocenters. The van der Waals surface area contributed by atoms with Crippen molar-refractivity contribution in [1.29, 1.82) is 0 Å². The highest BCUT2D eigenvalue weighted by atomic mass is 16.5. The maximum atomic E-state index is 9.55. The molecule has 106 valence electrons. The first-order valence-electron chi connectivity index (χ1n) is 6.09. The first kappa shape index (κ1) is 21.6. The van der Waals surface area contributed by atoms with Gasteiger partial charge in [-0.2, -0.15) is 0 Å². The average Bonchev–Trinajstić information content (AvgIpc) is 2.37. The van der Waals surface area contributed by atoms with E-state index in [4.69, 9.17) is 14.9 Å². The zero-order valence-corrected chi connectivity index (χ0v) is 11.4. The first-order valence-corrected chi connectivity index (χ1v) is 6.09. The topological polar surface area (TPSA) is 76.0 Å². The molecule has 0 aliphatic heterocycles. The Kier molecular flexibility index (Phi) is 37.5. The number of hydrogen-bond acceptors (Lipinski definition) is 5. The number of carbonyl (C=O) groups excluding carboxylic acids is 1. The Balaban J connectivity index is -0.000000188. The van der Waals surface area contributed by atoms with Gasteiger partial charge in [-0.15, -0.1) is 0 Å². The fourth-order valence-corrected chi connectivity index (χ4v) is 0.688. The van der Waals surface area contributed by atoms with Crippen molar-refractivity contribution in [3.63, 3.8) is 0 Å². The summed E-state index contributed by atoms with van der Waals surface area (Å²) in [4.78, 5) is 9.55. The molecule has 0 saturated heterocycles. The molecule has 0 spiro atoms. The Morgan fingerprint density at radius 1 is 1.00 bits per heavy atom.